The molecule has 0 saturated carbocycles. The van der Waals surface area contributed by atoms with Gasteiger partial charge in [0.2, 0.25) is 0 Å². The van der Waals surface area contributed by atoms with Crippen LogP contribution in [0.5, 0.6) is 0 Å². The van der Waals surface area contributed by atoms with Crippen LogP contribution in [0.3, 0.4) is 0 Å². The van der Waals surface area contributed by atoms with Gasteiger partial charge in [-0.2, -0.15) is 0 Å². The average Bonchev–Trinajstić information content (AvgIpc) is 2.51. The van der Waals surface area contributed by atoms with Crippen molar-refractivity contribution in [2.24, 2.45) is 0 Å². The van der Waals surface area contributed by atoms with Crippen molar-refractivity contribution in [2.45, 2.75) is 63.0 Å². The quantitative estimate of drug-likeness (QED) is 0.818. The van der Waals surface area contributed by atoms with Gasteiger partial charge < -0.3 is 10.1 Å². The fourth-order valence-corrected chi connectivity index (χ4v) is 3.99. The zero-order valence-corrected chi connectivity index (χ0v) is 13.5. The van der Waals surface area contributed by atoms with Gasteiger partial charge >= 0.3 is 0 Å². The molecule has 1 aromatic carbocycles. The summed E-state index contributed by atoms with van der Waals surface area (Å²) in [5.41, 5.74) is 1.16. The number of piperidine rings is 1. The highest BCUT2D eigenvalue weighted by atomic mass is 16.5. The molecule has 3 atom stereocenters. The minimum atomic E-state index is -0.188. The molecule has 2 aliphatic heterocycles. The first kappa shape index (κ1) is 15.7. The molecule has 1 aromatic rings. The average molecular weight is 301 g/mol. The van der Waals surface area contributed by atoms with Gasteiger partial charge in [0, 0.05) is 31.3 Å². The highest BCUT2D eigenvalue weighted by Crippen LogP contribution is 2.48. The summed E-state index contributed by atoms with van der Waals surface area (Å²) in [6, 6.07) is 10.8. The molecule has 1 N–H and O–H groups in total. The number of benzene rings is 1. The van der Waals surface area contributed by atoms with Gasteiger partial charge in [-0.05, 0) is 12.0 Å². The Labute approximate surface area is 133 Å². The molecule has 0 amide bonds. The molecule has 3 unspecified atom stereocenters. The van der Waals surface area contributed by atoms with E-state index in [1.807, 2.05) is 0 Å². The Kier molecular flexibility index (Phi) is 4.94. The summed E-state index contributed by atoms with van der Waals surface area (Å²) in [6.07, 6.45) is 5.95. The predicted molar refractivity (Wildman–Crippen MR) is 88.0 cm³/mol. The number of nitrogens with one attached hydrogen (secondary N) is 1. The first-order valence-corrected chi connectivity index (χ1v) is 8.70. The fourth-order valence-electron chi connectivity index (χ4n) is 3.99. The molecule has 2 saturated heterocycles. The minimum Gasteiger partial charge on any atom is -0.372 e. The van der Waals surface area contributed by atoms with Crippen LogP contribution >= 0.6 is 0 Å². The predicted octanol–water partition coefficient (Wildman–Crippen LogP) is 3.44. The van der Waals surface area contributed by atoms with Crippen molar-refractivity contribution < 1.29 is 9.53 Å². The zero-order chi connectivity index (χ0) is 15.4. The normalized spacial score (nSPS) is 31.8. The number of carbonyl (C=O) groups is 1. The van der Waals surface area contributed by atoms with E-state index in [2.05, 4.69) is 42.6 Å². The van der Waals surface area contributed by atoms with Gasteiger partial charge in [-0.1, -0.05) is 56.5 Å². The lowest BCUT2D eigenvalue weighted by Gasteiger charge is -2.55. The van der Waals surface area contributed by atoms with E-state index in [9.17, 15) is 4.79 Å². The lowest BCUT2D eigenvalue weighted by molar-refractivity contribution is -0.197. The molecule has 0 aromatic heterocycles. The number of carbonyl (C=O) groups excluding carboxylic acids is 1. The second-order valence-corrected chi connectivity index (χ2v) is 6.69. The van der Waals surface area contributed by atoms with E-state index in [4.69, 9.17) is 4.74 Å². The van der Waals surface area contributed by atoms with Crippen LogP contribution in [0.15, 0.2) is 30.3 Å². The second-order valence-electron chi connectivity index (χ2n) is 6.69. The lowest BCUT2D eigenvalue weighted by atomic mass is 9.68. The van der Waals surface area contributed by atoms with Crippen LogP contribution in [-0.4, -0.2) is 30.6 Å². The second kappa shape index (κ2) is 6.93. The molecule has 3 rings (SSSR count). The molecule has 2 aliphatic rings. The Balaban J connectivity index is 1.81. The van der Waals surface area contributed by atoms with Crippen LogP contribution in [0.4, 0.5) is 0 Å². The number of ether oxygens (including phenoxy) is 1. The van der Waals surface area contributed by atoms with Gasteiger partial charge in [-0.3, -0.25) is 4.79 Å². The van der Waals surface area contributed by atoms with Crippen molar-refractivity contribution in [3.63, 3.8) is 0 Å². The molecule has 120 valence electrons. The fraction of sp³-hybridized carbons (Fsp3) is 0.632. The molecule has 0 aliphatic carbocycles. The molecular formula is C19H27NO2. The summed E-state index contributed by atoms with van der Waals surface area (Å²) in [5, 5.41) is 3.57. The maximum absolute atomic E-state index is 11.9. The molecule has 2 fully saturated rings. The van der Waals surface area contributed by atoms with Crippen LogP contribution in [0.25, 0.3) is 0 Å². The molecule has 2 heterocycles. The van der Waals surface area contributed by atoms with Crippen LogP contribution in [-0.2, 0) is 9.53 Å². The Morgan fingerprint density at radius 2 is 2.09 bits per heavy atom. The van der Waals surface area contributed by atoms with Crippen LogP contribution in [0.1, 0.15) is 56.9 Å². The van der Waals surface area contributed by atoms with Gasteiger partial charge in [0.1, 0.15) is 5.78 Å². The number of ketones is 1. The number of Topliss-reactive ketones (excluding diaryl/α,β-unsaturated/α-hetero) is 1. The highest BCUT2D eigenvalue weighted by molar-refractivity contribution is 5.80. The third-order valence-corrected chi connectivity index (χ3v) is 5.30. The van der Waals surface area contributed by atoms with Crippen molar-refractivity contribution in [1.29, 1.82) is 0 Å². The first-order chi connectivity index (χ1) is 10.8. The monoisotopic (exact) mass is 301 g/mol. The molecule has 3 nitrogen and oxygen atoms in total. The van der Waals surface area contributed by atoms with Crippen LogP contribution < -0.4 is 5.32 Å². The molecular weight excluding hydrogens is 274 g/mol. The highest BCUT2D eigenvalue weighted by Gasteiger charge is 2.54. The van der Waals surface area contributed by atoms with Crippen molar-refractivity contribution >= 4 is 5.78 Å². The van der Waals surface area contributed by atoms with E-state index < -0.39 is 0 Å². The maximum atomic E-state index is 11.9. The summed E-state index contributed by atoms with van der Waals surface area (Å²) >= 11 is 0. The minimum absolute atomic E-state index is 0.171. The van der Waals surface area contributed by atoms with Crippen molar-refractivity contribution in [3.8, 4) is 0 Å². The molecule has 3 heteroatoms. The van der Waals surface area contributed by atoms with E-state index in [0.717, 1.165) is 19.6 Å². The Bertz CT molecular complexity index is 501. The van der Waals surface area contributed by atoms with Gasteiger partial charge in [-0.15, -0.1) is 0 Å². The Morgan fingerprint density at radius 1 is 1.27 bits per heavy atom. The molecule has 0 radical (unpaired) electrons. The summed E-state index contributed by atoms with van der Waals surface area (Å²) in [5.74, 6) is 0.787. The van der Waals surface area contributed by atoms with Gasteiger partial charge in [0.15, 0.2) is 0 Å². The number of hydrogen-bond acceptors (Lipinski definition) is 3. The topological polar surface area (TPSA) is 38.3 Å². The summed E-state index contributed by atoms with van der Waals surface area (Å²) in [4.78, 5) is 11.9. The summed E-state index contributed by atoms with van der Waals surface area (Å²) in [6.45, 7) is 3.80. The Morgan fingerprint density at radius 3 is 2.73 bits per heavy atom. The van der Waals surface area contributed by atoms with E-state index >= 15 is 0 Å². The van der Waals surface area contributed by atoms with Crippen LogP contribution in [0.2, 0.25) is 0 Å². The van der Waals surface area contributed by atoms with Crippen LogP contribution in [0, 0.1) is 0 Å². The standard InChI is InChI=1S/C19H27NO2/c1-2-3-7-11-19(18-13-16(21)10-12-20-18)17(14-22-19)15-8-5-4-6-9-15/h4-6,8-9,17-18,20H,2-3,7,10-14H2,1H3. The lowest BCUT2D eigenvalue weighted by Crippen LogP contribution is -2.65. The SMILES string of the molecule is CCCCCC1(C2CC(=O)CCN2)OCC1c1ccccc1. The third kappa shape index (κ3) is 2.97. The van der Waals surface area contributed by atoms with E-state index in [1.54, 1.807) is 0 Å². The van der Waals surface area contributed by atoms with E-state index in [-0.39, 0.29) is 11.6 Å². The largest absolute Gasteiger partial charge is 0.372 e. The molecule has 22 heavy (non-hydrogen) atoms. The first-order valence-electron chi connectivity index (χ1n) is 8.70. The van der Waals surface area contributed by atoms with E-state index in [0.29, 0.717) is 24.5 Å². The van der Waals surface area contributed by atoms with Crippen molar-refractivity contribution in [2.75, 3.05) is 13.2 Å². The Hall–Kier alpha value is -1.19. The van der Waals surface area contributed by atoms with Crippen molar-refractivity contribution in [3.05, 3.63) is 35.9 Å². The van der Waals surface area contributed by atoms with Gasteiger partial charge in [0.25, 0.3) is 0 Å². The third-order valence-electron chi connectivity index (χ3n) is 5.30. The molecule has 0 spiro atoms. The van der Waals surface area contributed by atoms with Gasteiger partial charge in [0.05, 0.1) is 12.2 Å². The van der Waals surface area contributed by atoms with Crippen molar-refractivity contribution in [1.82, 2.24) is 5.32 Å². The molecule has 0 bridgehead atoms. The summed E-state index contributed by atoms with van der Waals surface area (Å²) < 4.78 is 6.21. The van der Waals surface area contributed by atoms with E-state index in [1.165, 1.54) is 24.8 Å². The van der Waals surface area contributed by atoms with Gasteiger partial charge in [-0.25, -0.2) is 0 Å². The smallest absolute Gasteiger partial charge is 0.135 e. The zero-order valence-electron chi connectivity index (χ0n) is 13.5. The maximum Gasteiger partial charge on any atom is 0.135 e. The number of hydrogen-bond donors (Lipinski definition) is 1. The number of rotatable bonds is 6. The number of unbranched alkanes of at least 4 members (excludes halogenated alkanes) is 2. The summed E-state index contributed by atoms with van der Waals surface area (Å²) in [7, 11) is 0.